The minimum Gasteiger partial charge on any atom is -0.490 e. The lowest BCUT2D eigenvalue weighted by molar-refractivity contribution is 0.242. The first kappa shape index (κ1) is 10.9. The summed E-state index contributed by atoms with van der Waals surface area (Å²) < 4.78 is 5.41. The molecule has 76 valence electrons. The van der Waals surface area contributed by atoms with Crippen molar-refractivity contribution in [3.63, 3.8) is 0 Å². The average molecular weight is 202 g/mol. The molecule has 1 aromatic carbocycles. The highest BCUT2D eigenvalue weighted by Gasteiger charge is 2.05. The van der Waals surface area contributed by atoms with E-state index >= 15 is 0 Å². The van der Waals surface area contributed by atoms with Crippen molar-refractivity contribution >= 4 is 5.69 Å². The molecule has 1 aromatic rings. The topological polar surface area (TPSA) is 81.8 Å². The van der Waals surface area contributed by atoms with Gasteiger partial charge in [0.05, 0.1) is 11.7 Å². The van der Waals surface area contributed by atoms with Crippen molar-refractivity contribution in [3.05, 3.63) is 34.2 Å². The van der Waals surface area contributed by atoms with Crippen LogP contribution in [0.1, 0.15) is 19.4 Å². The van der Waals surface area contributed by atoms with Crippen LogP contribution in [-0.2, 0) is 0 Å². The van der Waals surface area contributed by atoms with E-state index in [0.29, 0.717) is 17.0 Å². The van der Waals surface area contributed by atoms with Crippen molar-refractivity contribution < 1.29 is 4.74 Å². The summed E-state index contributed by atoms with van der Waals surface area (Å²) in [4.78, 5) is 2.65. The third-order valence-corrected chi connectivity index (χ3v) is 1.61. The Morgan fingerprint density at radius 2 is 2.27 bits per heavy atom. The molecule has 0 saturated heterocycles. The van der Waals surface area contributed by atoms with Gasteiger partial charge < -0.3 is 4.74 Å². The summed E-state index contributed by atoms with van der Waals surface area (Å²) >= 11 is 0. The molecule has 0 amide bonds. The molecule has 0 aliphatic rings. The van der Waals surface area contributed by atoms with Gasteiger partial charge in [-0.25, -0.2) is 0 Å². The van der Waals surface area contributed by atoms with E-state index < -0.39 is 0 Å². The minimum absolute atomic E-state index is 0.00224. The first-order valence-electron chi connectivity index (χ1n) is 4.43. The van der Waals surface area contributed by atoms with Gasteiger partial charge in [-0.2, -0.15) is 5.26 Å². The molecule has 0 heterocycles. The van der Waals surface area contributed by atoms with Crippen LogP contribution in [0.2, 0.25) is 0 Å². The number of ether oxygens (including phenoxy) is 1. The first-order chi connectivity index (χ1) is 7.17. The molecule has 0 spiro atoms. The normalized spacial score (nSPS) is 9.20. The molecule has 15 heavy (non-hydrogen) atoms. The summed E-state index contributed by atoms with van der Waals surface area (Å²) in [5, 5.41) is 12.3. The molecule has 0 bridgehead atoms. The summed E-state index contributed by atoms with van der Waals surface area (Å²) in [5.74, 6) is 0.504. The van der Waals surface area contributed by atoms with Crippen molar-refractivity contribution in [3.8, 4) is 11.8 Å². The molecule has 1 rings (SSSR count). The van der Waals surface area contributed by atoms with Crippen LogP contribution >= 0.6 is 0 Å². The molecule has 0 unspecified atom stereocenters. The molecule has 0 saturated carbocycles. The van der Waals surface area contributed by atoms with E-state index in [0.717, 1.165) is 0 Å². The maximum Gasteiger partial charge on any atom is 0.137 e. The fourth-order valence-corrected chi connectivity index (χ4v) is 1.08. The molecule has 0 fully saturated rings. The van der Waals surface area contributed by atoms with Gasteiger partial charge in [-0.15, -0.1) is 0 Å². The highest BCUT2D eigenvalue weighted by Crippen LogP contribution is 2.24. The molecule has 0 aliphatic heterocycles. The summed E-state index contributed by atoms with van der Waals surface area (Å²) in [6.45, 7) is 3.75. The molecule has 0 radical (unpaired) electrons. The van der Waals surface area contributed by atoms with Gasteiger partial charge in [-0.05, 0) is 37.6 Å². The lowest BCUT2D eigenvalue weighted by Gasteiger charge is -2.10. The number of hydrogen-bond donors (Lipinski definition) is 0. The average Bonchev–Trinajstić information content (AvgIpc) is 2.20. The predicted molar refractivity (Wildman–Crippen MR) is 55.7 cm³/mol. The number of rotatable bonds is 3. The van der Waals surface area contributed by atoms with Gasteiger partial charge in [0.15, 0.2) is 0 Å². The molecular weight excluding hydrogens is 192 g/mol. The molecular formula is C10H10N4O. The Bertz CT molecular complexity index is 441. The Kier molecular flexibility index (Phi) is 3.55. The summed E-state index contributed by atoms with van der Waals surface area (Å²) in [6.07, 6.45) is 0.00224. The zero-order valence-corrected chi connectivity index (χ0v) is 8.51. The highest BCUT2D eigenvalue weighted by molar-refractivity contribution is 5.52. The lowest BCUT2D eigenvalue weighted by atomic mass is 10.2. The third kappa shape index (κ3) is 2.90. The van der Waals surface area contributed by atoms with Crippen LogP contribution in [0.4, 0.5) is 5.69 Å². The van der Waals surface area contributed by atoms with E-state index in [1.54, 1.807) is 12.1 Å². The summed E-state index contributed by atoms with van der Waals surface area (Å²) in [6, 6.07) is 6.73. The number of nitriles is 1. The summed E-state index contributed by atoms with van der Waals surface area (Å²) in [7, 11) is 0. The largest absolute Gasteiger partial charge is 0.490 e. The monoisotopic (exact) mass is 202 g/mol. The third-order valence-electron chi connectivity index (χ3n) is 1.61. The molecule has 0 atom stereocenters. The Morgan fingerprint density at radius 3 is 2.80 bits per heavy atom. The molecule has 0 aromatic heterocycles. The van der Waals surface area contributed by atoms with Crippen molar-refractivity contribution in [1.29, 1.82) is 5.26 Å². The van der Waals surface area contributed by atoms with Crippen LogP contribution in [0.3, 0.4) is 0 Å². The van der Waals surface area contributed by atoms with Gasteiger partial charge in [-0.3, -0.25) is 0 Å². The Balaban J connectivity index is 3.10. The zero-order chi connectivity index (χ0) is 11.3. The van der Waals surface area contributed by atoms with E-state index in [1.165, 1.54) is 6.07 Å². The van der Waals surface area contributed by atoms with Gasteiger partial charge in [-0.1, -0.05) is 5.11 Å². The van der Waals surface area contributed by atoms with Gasteiger partial charge >= 0.3 is 0 Å². The van der Waals surface area contributed by atoms with Crippen LogP contribution in [0.15, 0.2) is 23.3 Å². The Morgan fingerprint density at radius 1 is 1.53 bits per heavy atom. The van der Waals surface area contributed by atoms with Crippen molar-refractivity contribution in [2.75, 3.05) is 0 Å². The zero-order valence-electron chi connectivity index (χ0n) is 8.51. The van der Waals surface area contributed by atoms with Crippen molar-refractivity contribution in [2.24, 2.45) is 5.11 Å². The van der Waals surface area contributed by atoms with Gasteiger partial charge in [0, 0.05) is 10.6 Å². The van der Waals surface area contributed by atoms with Gasteiger partial charge in [0.1, 0.15) is 11.8 Å². The SMILES string of the molecule is CC(C)Oc1ccc(N=[N+]=[N-])cc1C#N. The van der Waals surface area contributed by atoms with E-state index in [9.17, 15) is 0 Å². The quantitative estimate of drug-likeness (QED) is 0.428. The van der Waals surface area contributed by atoms with Gasteiger partial charge in [0.25, 0.3) is 0 Å². The summed E-state index contributed by atoms with van der Waals surface area (Å²) in [5.41, 5.74) is 9.02. The van der Waals surface area contributed by atoms with Crippen molar-refractivity contribution in [1.82, 2.24) is 0 Å². The van der Waals surface area contributed by atoms with E-state index in [-0.39, 0.29) is 6.10 Å². The van der Waals surface area contributed by atoms with Crippen LogP contribution in [-0.4, -0.2) is 6.10 Å². The molecule has 0 N–H and O–H groups in total. The maximum absolute atomic E-state index is 8.86. The lowest BCUT2D eigenvalue weighted by Crippen LogP contribution is -2.06. The second-order valence-corrected chi connectivity index (χ2v) is 3.15. The van der Waals surface area contributed by atoms with Crippen LogP contribution in [0.5, 0.6) is 5.75 Å². The fourth-order valence-electron chi connectivity index (χ4n) is 1.08. The molecule has 5 heteroatoms. The molecule has 5 nitrogen and oxygen atoms in total. The smallest absolute Gasteiger partial charge is 0.137 e. The van der Waals surface area contributed by atoms with Gasteiger partial charge in [0.2, 0.25) is 0 Å². The van der Waals surface area contributed by atoms with Crippen LogP contribution < -0.4 is 4.74 Å². The minimum atomic E-state index is 0.00224. The number of hydrogen-bond acceptors (Lipinski definition) is 3. The van der Waals surface area contributed by atoms with Crippen LogP contribution in [0, 0.1) is 11.3 Å². The highest BCUT2D eigenvalue weighted by atomic mass is 16.5. The van der Waals surface area contributed by atoms with Crippen LogP contribution in [0.25, 0.3) is 10.4 Å². The number of nitrogens with zero attached hydrogens (tertiary/aromatic N) is 4. The van der Waals surface area contributed by atoms with E-state index in [1.807, 2.05) is 19.9 Å². The van der Waals surface area contributed by atoms with E-state index in [4.69, 9.17) is 15.5 Å². The Hall–Kier alpha value is -2.18. The standard InChI is InChI=1S/C10H10N4O/c1-7(2)15-10-4-3-9(13-14-12)5-8(10)6-11/h3-5,7H,1-2H3. The maximum atomic E-state index is 8.86. The molecule has 0 aliphatic carbocycles. The predicted octanol–water partition coefficient (Wildman–Crippen LogP) is 3.29. The first-order valence-corrected chi connectivity index (χ1v) is 4.43. The Labute approximate surface area is 87.5 Å². The van der Waals surface area contributed by atoms with Crippen molar-refractivity contribution in [2.45, 2.75) is 20.0 Å². The fraction of sp³-hybridized carbons (Fsp3) is 0.300. The second kappa shape index (κ2) is 4.89. The number of azide groups is 1. The second-order valence-electron chi connectivity index (χ2n) is 3.15. The number of benzene rings is 1. The van der Waals surface area contributed by atoms with E-state index in [2.05, 4.69) is 10.0 Å².